The van der Waals surface area contributed by atoms with Gasteiger partial charge in [-0.25, -0.2) is 8.42 Å². The van der Waals surface area contributed by atoms with E-state index in [2.05, 4.69) is 12.2 Å². The Morgan fingerprint density at radius 1 is 1.29 bits per heavy atom. The van der Waals surface area contributed by atoms with Gasteiger partial charge in [-0.05, 0) is 25.5 Å². The van der Waals surface area contributed by atoms with E-state index in [1.807, 2.05) is 6.92 Å². The molecule has 4 nitrogen and oxygen atoms in total. The lowest BCUT2D eigenvalue weighted by Gasteiger charge is -2.14. The van der Waals surface area contributed by atoms with E-state index in [1.54, 1.807) is 0 Å². The molecule has 0 saturated heterocycles. The Hall–Kier alpha value is -0.490. The minimum atomic E-state index is -4.05. The summed E-state index contributed by atoms with van der Waals surface area (Å²) in [7, 11) is 1.23. The Kier molecular flexibility index (Phi) is 6.78. The first-order chi connectivity index (χ1) is 9.66. The molecule has 0 heterocycles. The van der Waals surface area contributed by atoms with Gasteiger partial charge in [0, 0.05) is 16.7 Å². The number of nitrogens with one attached hydrogen (secondary N) is 1. The summed E-state index contributed by atoms with van der Waals surface area (Å²) in [5, 5.41) is 2.72. The molecular formula is C13H16Cl3NO3S. The van der Waals surface area contributed by atoms with E-state index in [4.69, 9.17) is 33.9 Å². The van der Waals surface area contributed by atoms with E-state index in [0.717, 1.165) is 25.3 Å². The third-order valence-corrected chi connectivity index (χ3v) is 5.00. The van der Waals surface area contributed by atoms with E-state index >= 15 is 0 Å². The van der Waals surface area contributed by atoms with Crippen LogP contribution in [-0.2, 0) is 9.05 Å². The maximum Gasteiger partial charge on any atom is 0.262 e. The lowest BCUT2D eigenvalue weighted by molar-refractivity contribution is 0.0938. The normalized spacial score (nSPS) is 13.0. The number of hydrogen-bond donors (Lipinski definition) is 1. The highest BCUT2D eigenvalue weighted by Gasteiger charge is 2.21. The molecule has 118 valence electrons. The van der Waals surface area contributed by atoms with Crippen LogP contribution in [0.15, 0.2) is 17.0 Å². The van der Waals surface area contributed by atoms with Gasteiger partial charge in [-0.3, -0.25) is 4.79 Å². The number of carbonyl (C=O) groups excluding carboxylic acids is 1. The molecule has 0 aliphatic heterocycles. The number of benzene rings is 1. The molecule has 0 aliphatic carbocycles. The van der Waals surface area contributed by atoms with Crippen molar-refractivity contribution < 1.29 is 13.2 Å². The first kappa shape index (κ1) is 18.6. The third kappa shape index (κ3) is 5.33. The van der Waals surface area contributed by atoms with Crippen LogP contribution in [0.3, 0.4) is 0 Å². The van der Waals surface area contributed by atoms with E-state index < -0.39 is 15.0 Å². The van der Waals surface area contributed by atoms with Crippen LogP contribution in [0.5, 0.6) is 0 Å². The van der Waals surface area contributed by atoms with Gasteiger partial charge in [-0.2, -0.15) is 0 Å². The summed E-state index contributed by atoms with van der Waals surface area (Å²) in [6.07, 6.45) is 2.84. The van der Waals surface area contributed by atoms with Crippen LogP contribution >= 0.6 is 33.9 Å². The molecule has 21 heavy (non-hydrogen) atoms. The molecule has 1 N–H and O–H groups in total. The number of unbranched alkanes of at least 4 members (excludes halogenated alkanes) is 1. The average molecular weight is 373 g/mol. The fraction of sp³-hybridized carbons (Fsp3) is 0.462. The van der Waals surface area contributed by atoms with Crippen molar-refractivity contribution in [2.24, 2.45) is 0 Å². The Morgan fingerprint density at radius 3 is 2.43 bits per heavy atom. The van der Waals surface area contributed by atoms with Crippen molar-refractivity contribution in [1.82, 2.24) is 5.32 Å². The molecule has 1 amide bonds. The molecule has 0 spiro atoms. The van der Waals surface area contributed by atoms with Crippen molar-refractivity contribution in [2.75, 3.05) is 0 Å². The molecule has 1 aromatic rings. The Labute approximate surface area is 139 Å². The van der Waals surface area contributed by atoms with Crippen LogP contribution in [0.2, 0.25) is 10.0 Å². The highest BCUT2D eigenvalue weighted by atomic mass is 35.7. The molecular weight excluding hydrogens is 357 g/mol. The first-order valence-corrected chi connectivity index (χ1v) is 9.48. The van der Waals surface area contributed by atoms with Gasteiger partial charge in [0.2, 0.25) is 0 Å². The van der Waals surface area contributed by atoms with Gasteiger partial charge in [-0.1, -0.05) is 43.0 Å². The molecule has 0 saturated carbocycles. The number of carbonyl (C=O) groups is 1. The second-order valence-electron chi connectivity index (χ2n) is 4.72. The summed E-state index contributed by atoms with van der Waals surface area (Å²) in [5.41, 5.74) is 0.0311. The van der Waals surface area contributed by atoms with Crippen LogP contribution in [-0.4, -0.2) is 20.4 Å². The second-order valence-corrected chi connectivity index (χ2v) is 8.07. The summed E-state index contributed by atoms with van der Waals surface area (Å²) in [6.45, 7) is 3.93. The predicted molar refractivity (Wildman–Crippen MR) is 86.0 cm³/mol. The molecule has 1 aromatic carbocycles. The van der Waals surface area contributed by atoms with Crippen LogP contribution in [0.4, 0.5) is 0 Å². The van der Waals surface area contributed by atoms with Crippen LogP contribution < -0.4 is 5.32 Å². The van der Waals surface area contributed by atoms with Crippen LogP contribution in [0.25, 0.3) is 0 Å². The maximum absolute atomic E-state index is 12.2. The highest BCUT2D eigenvalue weighted by Crippen LogP contribution is 2.30. The number of hydrogen-bond acceptors (Lipinski definition) is 3. The molecule has 1 unspecified atom stereocenters. The zero-order valence-corrected chi connectivity index (χ0v) is 14.7. The van der Waals surface area contributed by atoms with E-state index in [9.17, 15) is 13.2 Å². The monoisotopic (exact) mass is 371 g/mol. The smallest absolute Gasteiger partial charge is 0.262 e. The summed E-state index contributed by atoms with van der Waals surface area (Å²) >= 11 is 11.7. The fourth-order valence-electron chi connectivity index (χ4n) is 1.77. The van der Waals surface area contributed by atoms with Gasteiger partial charge >= 0.3 is 0 Å². The third-order valence-electron chi connectivity index (χ3n) is 2.90. The standard InChI is InChI=1S/C13H16Cl3NO3S/c1-3-4-5-8(2)17-13(18)9-6-12(21(16,19)20)11(15)7-10(9)14/h6-8H,3-5H2,1-2H3,(H,17,18). The Bertz CT molecular complexity index is 632. The zero-order chi connectivity index (χ0) is 16.2. The molecule has 0 fully saturated rings. The van der Waals surface area contributed by atoms with Crippen molar-refractivity contribution in [1.29, 1.82) is 0 Å². The van der Waals surface area contributed by atoms with E-state index in [0.29, 0.717) is 0 Å². The number of halogens is 3. The molecule has 0 aliphatic rings. The van der Waals surface area contributed by atoms with Crippen LogP contribution in [0, 0.1) is 0 Å². The maximum atomic E-state index is 12.2. The number of rotatable bonds is 6. The minimum Gasteiger partial charge on any atom is -0.350 e. The summed E-state index contributed by atoms with van der Waals surface area (Å²) in [4.78, 5) is 11.8. The van der Waals surface area contributed by atoms with Gasteiger partial charge in [0.05, 0.1) is 15.6 Å². The molecule has 1 rings (SSSR count). The van der Waals surface area contributed by atoms with E-state index in [-0.39, 0.29) is 26.5 Å². The van der Waals surface area contributed by atoms with Gasteiger partial charge < -0.3 is 5.32 Å². The number of amides is 1. The van der Waals surface area contributed by atoms with E-state index in [1.165, 1.54) is 6.07 Å². The van der Waals surface area contributed by atoms with Gasteiger partial charge in [0.1, 0.15) is 4.90 Å². The summed E-state index contributed by atoms with van der Waals surface area (Å²) < 4.78 is 22.8. The molecule has 0 aromatic heterocycles. The summed E-state index contributed by atoms with van der Waals surface area (Å²) in [5.74, 6) is -0.457. The van der Waals surface area contributed by atoms with Crippen molar-refractivity contribution in [3.05, 3.63) is 27.7 Å². The average Bonchev–Trinajstić information content (AvgIpc) is 2.34. The molecule has 0 bridgehead atoms. The van der Waals surface area contributed by atoms with Crippen molar-refractivity contribution >= 4 is 48.8 Å². The van der Waals surface area contributed by atoms with Gasteiger partial charge in [0.15, 0.2) is 0 Å². The zero-order valence-electron chi connectivity index (χ0n) is 11.6. The highest BCUT2D eigenvalue weighted by molar-refractivity contribution is 8.13. The Morgan fingerprint density at radius 2 is 1.90 bits per heavy atom. The quantitative estimate of drug-likeness (QED) is 0.760. The van der Waals surface area contributed by atoms with Gasteiger partial charge in [0.25, 0.3) is 15.0 Å². The predicted octanol–water partition coefficient (Wildman–Crippen LogP) is 4.23. The van der Waals surface area contributed by atoms with Crippen molar-refractivity contribution in [2.45, 2.75) is 44.0 Å². The van der Waals surface area contributed by atoms with Crippen LogP contribution in [0.1, 0.15) is 43.5 Å². The lowest BCUT2D eigenvalue weighted by Crippen LogP contribution is -2.32. The fourth-order valence-corrected chi connectivity index (χ4v) is 3.60. The SMILES string of the molecule is CCCCC(C)NC(=O)c1cc(S(=O)(=O)Cl)c(Cl)cc1Cl. The van der Waals surface area contributed by atoms with Crippen molar-refractivity contribution in [3.8, 4) is 0 Å². The molecule has 0 radical (unpaired) electrons. The Balaban J connectivity index is 3.05. The molecule has 8 heteroatoms. The van der Waals surface area contributed by atoms with Gasteiger partial charge in [-0.15, -0.1) is 0 Å². The minimum absolute atomic E-state index is 0.0311. The molecule has 1 atom stereocenters. The topological polar surface area (TPSA) is 63.2 Å². The first-order valence-electron chi connectivity index (χ1n) is 6.41. The summed E-state index contributed by atoms with van der Waals surface area (Å²) in [6, 6.07) is 2.25. The lowest BCUT2D eigenvalue weighted by atomic mass is 10.1. The second kappa shape index (κ2) is 7.68. The van der Waals surface area contributed by atoms with Crippen molar-refractivity contribution in [3.63, 3.8) is 0 Å². The largest absolute Gasteiger partial charge is 0.350 e.